The number of aromatic hydroxyl groups is 1. The van der Waals surface area contributed by atoms with Crippen LogP contribution < -0.4 is 4.90 Å². The molecule has 0 saturated heterocycles. The van der Waals surface area contributed by atoms with Gasteiger partial charge in [-0.15, -0.1) is 11.3 Å². The summed E-state index contributed by atoms with van der Waals surface area (Å²) < 4.78 is 6.18. The van der Waals surface area contributed by atoms with Crippen molar-refractivity contribution in [2.75, 3.05) is 25.1 Å². The van der Waals surface area contributed by atoms with Gasteiger partial charge in [-0.05, 0) is 55.0 Å². The molecule has 2 aromatic carbocycles. The summed E-state index contributed by atoms with van der Waals surface area (Å²) >= 11 is 1.53. The Bertz CT molecular complexity index is 1650. The zero-order valence-corrected chi connectivity index (χ0v) is 22.8. The summed E-state index contributed by atoms with van der Waals surface area (Å²) in [5.74, 6) is 0.150. The molecule has 40 heavy (non-hydrogen) atoms. The molecule has 1 aromatic heterocycles. The van der Waals surface area contributed by atoms with Crippen LogP contribution >= 0.6 is 11.3 Å². The van der Waals surface area contributed by atoms with Crippen molar-refractivity contribution in [3.63, 3.8) is 0 Å². The SMILES string of the molecule is [C-]#[N+]C1=C(/C=C/c2ccc(/C=C/c3ccc(N(C)CCO)cc3O)s2)C(C)(c2ccccc2)O/C1=C(\C#N)[N+]#[C-]. The van der Waals surface area contributed by atoms with Crippen LogP contribution in [-0.4, -0.2) is 30.4 Å². The zero-order chi connectivity index (χ0) is 28.7. The van der Waals surface area contributed by atoms with E-state index in [4.69, 9.17) is 23.0 Å². The molecule has 0 fully saturated rings. The van der Waals surface area contributed by atoms with E-state index in [1.54, 1.807) is 6.07 Å². The summed E-state index contributed by atoms with van der Waals surface area (Å²) in [5.41, 5.74) is 1.71. The van der Waals surface area contributed by atoms with Gasteiger partial charge in [0.15, 0.2) is 0 Å². The fourth-order valence-electron chi connectivity index (χ4n) is 4.34. The van der Waals surface area contributed by atoms with Crippen molar-refractivity contribution in [3.05, 3.63) is 133 Å². The standard InChI is InChI=1S/C32H26N4O3S/c1-32(23-8-6-5-7-9-23)27(30(35-3)31(39-32)28(21-33)34-2)17-16-26-15-14-25(40-26)13-11-22-10-12-24(20-29(22)38)36(4)18-19-37/h5-17,20,37-38H,18-19H2,1,4H3/b13-11+,17-16+,31-28+. The number of anilines is 1. The minimum atomic E-state index is -1.05. The van der Waals surface area contributed by atoms with Crippen molar-refractivity contribution in [2.24, 2.45) is 0 Å². The Labute approximate surface area is 237 Å². The predicted molar refractivity (Wildman–Crippen MR) is 158 cm³/mol. The largest absolute Gasteiger partial charge is 0.507 e. The second kappa shape index (κ2) is 12.2. The number of phenolic OH excluding ortho intramolecular Hbond substituents is 1. The highest BCUT2D eigenvalue weighted by molar-refractivity contribution is 7.13. The second-order valence-corrected chi connectivity index (χ2v) is 10.2. The van der Waals surface area contributed by atoms with Crippen LogP contribution in [0.1, 0.15) is 27.8 Å². The zero-order valence-electron chi connectivity index (χ0n) is 22.0. The van der Waals surface area contributed by atoms with Crippen molar-refractivity contribution < 1.29 is 14.9 Å². The average Bonchev–Trinajstić information content (AvgIpc) is 3.54. The van der Waals surface area contributed by atoms with E-state index >= 15 is 0 Å². The Morgan fingerprint density at radius 2 is 1.77 bits per heavy atom. The lowest BCUT2D eigenvalue weighted by molar-refractivity contribution is 0.0753. The van der Waals surface area contributed by atoms with E-state index in [-0.39, 0.29) is 29.5 Å². The lowest BCUT2D eigenvalue weighted by Gasteiger charge is -2.28. The molecule has 2 heterocycles. The number of likely N-dealkylation sites (N-methyl/N-ethyl adjacent to an activating group) is 1. The summed E-state index contributed by atoms with van der Waals surface area (Å²) in [6.45, 7) is 17.5. The lowest BCUT2D eigenvalue weighted by atomic mass is 9.87. The average molecular weight is 547 g/mol. The maximum absolute atomic E-state index is 10.5. The Kier molecular flexibility index (Phi) is 8.52. The molecule has 198 valence electrons. The van der Waals surface area contributed by atoms with E-state index in [2.05, 4.69) is 9.69 Å². The quantitative estimate of drug-likeness (QED) is 0.239. The van der Waals surface area contributed by atoms with Crippen LogP contribution in [0.5, 0.6) is 5.75 Å². The van der Waals surface area contributed by atoms with Crippen molar-refractivity contribution in [3.8, 4) is 11.8 Å². The molecular formula is C32H26N4O3S. The first-order valence-corrected chi connectivity index (χ1v) is 13.2. The molecule has 3 aromatic rings. The highest BCUT2D eigenvalue weighted by Crippen LogP contribution is 2.48. The van der Waals surface area contributed by atoms with Gasteiger partial charge in [0.1, 0.15) is 17.1 Å². The summed E-state index contributed by atoms with van der Waals surface area (Å²) in [4.78, 5) is 10.7. The predicted octanol–water partition coefficient (Wildman–Crippen LogP) is 6.84. The maximum atomic E-state index is 10.5. The van der Waals surface area contributed by atoms with E-state index in [1.807, 2.05) is 104 Å². The minimum Gasteiger partial charge on any atom is -0.507 e. The fraction of sp³-hybridized carbons (Fsp3) is 0.156. The number of nitrogens with zero attached hydrogens (tertiary/aromatic N) is 4. The number of thiophene rings is 1. The Morgan fingerprint density at radius 3 is 2.38 bits per heavy atom. The molecule has 2 N–H and O–H groups in total. The molecule has 7 nitrogen and oxygen atoms in total. The molecule has 4 rings (SSSR count). The van der Waals surface area contributed by atoms with Gasteiger partial charge in [0.25, 0.3) is 5.70 Å². The number of nitriles is 1. The molecule has 0 aliphatic carbocycles. The molecule has 0 bridgehead atoms. The third-order valence-electron chi connectivity index (χ3n) is 6.54. The van der Waals surface area contributed by atoms with Crippen LogP contribution in [0.2, 0.25) is 0 Å². The molecule has 0 amide bonds. The van der Waals surface area contributed by atoms with Crippen LogP contribution in [0.15, 0.2) is 89.5 Å². The number of hydrogen-bond acceptors (Lipinski definition) is 6. The number of phenols is 1. The van der Waals surface area contributed by atoms with Gasteiger partial charge in [0.05, 0.1) is 25.8 Å². The number of ether oxygens (including phenoxy) is 1. The summed E-state index contributed by atoms with van der Waals surface area (Å²) in [7, 11) is 1.85. The normalized spacial score (nSPS) is 17.9. The number of hydrogen-bond donors (Lipinski definition) is 2. The molecule has 0 spiro atoms. The highest BCUT2D eigenvalue weighted by Gasteiger charge is 2.43. The minimum absolute atomic E-state index is 0.00156. The molecule has 0 radical (unpaired) electrons. The molecule has 0 saturated carbocycles. The molecular weight excluding hydrogens is 520 g/mol. The summed E-state index contributed by atoms with van der Waals surface area (Å²) in [5, 5.41) is 29.0. The van der Waals surface area contributed by atoms with Gasteiger partial charge in [-0.3, -0.25) is 0 Å². The van der Waals surface area contributed by atoms with Crippen molar-refractivity contribution in [1.82, 2.24) is 0 Å². The lowest BCUT2D eigenvalue weighted by Crippen LogP contribution is -2.23. The van der Waals surface area contributed by atoms with Gasteiger partial charge in [-0.2, -0.15) is 0 Å². The van der Waals surface area contributed by atoms with Crippen LogP contribution in [-0.2, 0) is 10.3 Å². The van der Waals surface area contributed by atoms with Crippen LogP contribution in [0.25, 0.3) is 27.9 Å². The maximum Gasteiger partial charge on any atom is 0.292 e. The molecule has 1 aliphatic rings. The number of benzene rings is 2. The fourth-order valence-corrected chi connectivity index (χ4v) is 5.15. The number of allylic oxidation sites excluding steroid dienone is 1. The van der Waals surface area contributed by atoms with Gasteiger partial charge < -0.3 is 19.8 Å². The van der Waals surface area contributed by atoms with Crippen molar-refractivity contribution in [1.29, 1.82) is 5.26 Å². The van der Waals surface area contributed by atoms with E-state index in [0.29, 0.717) is 17.7 Å². The molecule has 1 unspecified atom stereocenters. The van der Waals surface area contributed by atoms with E-state index in [1.165, 1.54) is 11.3 Å². The first-order valence-electron chi connectivity index (χ1n) is 12.3. The first kappa shape index (κ1) is 28.0. The Morgan fingerprint density at radius 1 is 1.07 bits per heavy atom. The third-order valence-corrected chi connectivity index (χ3v) is 7.55. The topological polar surface area (TPSA) is 85.4 Å². The monoisotopic (exact) mass is 546 g/mol. The summed E-state index contributed by atoms with van der Waals surface area (Å²) in [6, 6.07) is 20.6. The Hall–Kier alpha value is -5.07. The van der Waals surface area contributed by atoms with Gasteiger partial charge in [0, 0.05) is 46.2 Å². The number of aliphatic hydroxyl groups is 1. The highest BCUT2D eigenvalue weighted by atomic mass is 32.1. The van der Waals surface area contributed by atoms with Crippen LogP contribution in [0, 0.1) is 24.5 Å². The van der Waals surface area contributed by atoms with Gasteiger partial charge in [-0.25, -0.2) is 15.0 Å². The van der Waals surface area contributed by atoms with Gasteiger partial charge in [0.2, 0.25) is 5.70 Å². The van der Waals surface area contributed by atoms with E-state index < -0.39 is 5.60 Å². The van der Waals surface area contributed by atoms with Crippen molar-refractivity contribution in [2.45, 2.75) is 12.5 Å². The summed E-state index contributed by atoms with van der Waals surface area (Å²) in [6.07, 6.45) is 7.47. The van der Waals surface area contributed by atoms with Crippen LogP contribution in [0.3, 0.4) is 0 Å². The van der Waals surface area contributed by atoms with E-state index in [9.17, 15) is 10.4 Å². The molecule has 8 heteroatoms. The van der Waals surface area contributed by atoms with Crippen molar-refractivity contribution >= 4 is 35.3 Å². The Balaban J connectivity index is 1.63. The second-order valence-electron chi connectivity index (χ2n) is 9.07. The molecule has 1 aliphatic heterocycles. The molecule has 1 atom stereocenters. The van der Waals surface area contributed by atoms with Gasteiger partial charge in [-0.1, -0.05) is 36.4 Å². The smallest absolute Gasteiger partial charge is 0.292 e. The first-order chi connectivity index (χ1) is 19.3. The number of aliphatic hydroxyl groups excluding tert-OH is 1. The third kappa shape index (κ3) is 5.67. The van der Waals surface area contributed by atoms with E-state index in [0.717, 1.165) is 21.0 Å². The van der Waals surface area contributed by atoms with Crippen LogP contribution in [0.4, 0.5) is 5.69 Å². The number of rotatable bonds is 8. The van der Waals surface area contributed by atoms with Gasteiger partial charge >= 0.3 is 0 Å².